The molecule has 0 atom stereocenters. The predicted molar refractivity (Wildman–Crippen MR) is 81.3 cm³/mol. The third kappa shape index (κ3) is 2.12. The SMILES string of the molecule is Nc1nc(Nc2ccon2)c2ccc(-c3ccn[nH]3)cc2n1. The summed E-state index contributed by atoms with van der Waals surface area (Å²) in [6.45, 7) is 0. The molecule has 8 nitrogen and oxygen atoms in total. The quantitative estimate of drug-likeness (QED) is 0.530. The van der Waals surface area contributed by atoms with Crippen LogP contribution in [0.2, 0.25) is 0 Å². The molecule has 0 saturated heterocycles. The van der Waals surface area contributed by atoms with Crippen molar-refractivity contribution in [3.8, 4) is 11.3 Å². The van der Waals surface area contributed by atoms with Crippen LogP contribution in [0.5, 0.6) is 0 Å². The lowest BCUT2D eigenvalue weighted by molar-refractivity contribution is 0.423. The summed E-state index contributed by atoms with van der Waals surface area (Å²) in [7, 11) is 0. The molecule has 4 N–H and O–H groups in total. The fourth-order valence-electron chi connectivity index (χ4n) is 2.23. The first kappa shape index (κ1) is 12.3. The van der Waals surface area contributed by atoms with Crippen LogP contribution in [-0.4, -0.2) is 25.3 Å². The number of nitrogens with two attached hydrogens (primary N) is 1. The Morgan fingerprint density at radius 3 is 2.86 bits per heavy atom. The van der Waals surface area contributed by atoms with Gasteiger partial charge in [-0.3, -0.25) is 5.10 Å². The first-order valence-electron chi connectivity index (χ1n) is 6.54. The monoisotopic (exact) mass is 293 g/mol. The van der Waals surface area contributed by atoms with Crippen molar-refractivity contribution in [1.82, 2.24) is 25.3 Å². The molecule has 0 fully saturated rings. The molecule has 0 aliphatic rings. The van der Waals surface area contributed by atoms with Gasteiger partial charge in [0.15, 0.2) is 5.82 Å². The summed E-state index contributed by atoms with van der Waals surface area (Å²) >= 11 is 0. The van der Waals surface area contributed by atoms with Crippen molar-refractivity contribution in [2.75, 3.05) is 11.1 Å². The number of hydrogen-bond acceptors (Lipinski definition) is 7. The molecule has 108 valence electrons. The summed E-state index contributed by atoms with van der Waals surface area (Å²) in [5.74, 6) is 1.31. The standard InChI is InChI=1S/C14H11N7O/c15-14-17-11-7-8(10-3-5-16-20-10)1-2-9(11)13(19-14)18-12-4-6-22-21-12/h1-7H,(H,16,20)(H3,15,17,18,19,21). The molecule has 3 aromatic heterocycles. The van der Waals surface area contributed by atoms with Gasteiger partial charge in [0, 0.05) is 23.2 Å². The minimum absolute atomic E-state index is 0.181. The van der Waals surface area contributed by atoms with Gasteiger partial charge >= 0.3 is 0 Å². The Hall–Kier alpha value is -3.42. The smallest absolute Gasteiger partial charge is 0.222 e. The van der Waals surface area contributed by atoms with Crippen LogP contribution in [0.25, 0.3) is 22.2 Å². The highest BCUT2D eigenvalue weighted by Gasteiger charge is 2.10. The van der Waals surface area contributed by atoms with Crippen molar-refractivity contribution < 1.29 is 4.52 Å². The molecule has 0 amide bonds. The van der Waals surface area contributed by atoms with Crippen molar-refractivity contribution in [3.05, 3.63) is 42.8 Å². The molecule has 0 bridgehead atoms. The second kappa shape index (κ2) is 4.85. The Morgan fingerprint density at radius 2 is 2.09 bits per heavy atom. The van der Waals surface area contributed by atoms with E-state index < -0.39 is 0 Å². The lowest BCUT2D eigenvalue weighted by Gasteiger charge is -2.08. The van der Waals surface area contributed by atoms with E-state index in [9.17, 15) is 0 Å². The second-order valence-electron chi connectivity index (χ2n) is 4.64. The Bertz CT molecular complexity index is 916. The normalized spacial score (nSPS) is 10.9. The summed E-state index contributed by atoms with van der Waals surface area (Å²) in [6, 6.07) is 9.40. The fourth-order valence-corrected chi connectivity index (χ4v) is 2.23. The average Bonchev–Trinajstić information content (AvgIpc) is 3.20. The first-order valence-corrected chi connectivity index (χ1v) is 6.54. The van der Waals surface area contributed by atoms with Gasteiger partial charge in [-0.15, -0.1) is 0 Å². The maximum atomic E-state index is 5.80. The van der Waals surface area contributed by atoms with Crippen molar-refractivity contribution >= 4 is 28.5 Å². The third-order valence-corrected chi connectivity index (χ3v) is 3.21. The second-order valence-corrected chi connectivity index (χ2v) is 4.64. The lowest BCUT2D eigenvalue weighted by atomic mass is 10.1. The van der Waals surface area contributed by atoms with Crippen LogP contribution in [0.15, 0.2) is 47.3 Å². The molecule has 4 aromatic rings. The number of nitrogens with zero attached hydrogens (tertiary/aromatic N) is 4. The molecule has 0 radical (unpaired) electrons. The highest BCUT2D eigenvalue weighted by Crippen LogP contribution is 2.27. The molecule has 0 aliphatic carbocycles. The molecule has 3 heterocycles. The molecule has 1 aromatic carbocycles. The third-order valence-electron chi connectivity index (χ3n) is 3.21. The van der Waals surface area contributed by atoms with E-state index in [4.69, 9.17) is 10.3 Å². The van der Waals surface area contributed by atoms with Crippen LogP contribution in [0.4, 0.5) is 17.6 Å². The zero-order chi connectivity index (χ0) is 14.9. The van der Waals surface area contributed by atoms with E-state index in [1.165, 1.54) is 6.26 Å². The van der Waals surface area contributed by atoms with Crippen molar-refractivity contribution in [2.24, 2.45) is 0 Å². The van der Waals surface area contributed by atoms with Gasteiger partial charge in [-0.1, -0.05) is 11.2 Å². The minimum Gasteiger partial charge on any atom is -0.368 e. The molecule has 0 spiro atoms. The van der Waals surface area contributed by atoms with Crippen LogP contribution in [0.1, 0.15) is 0 Å². The molecular formula is C14H11N7O. The number of hydrogen-bond donors (Lipinski definition) is 3. The van der Waals surface area contributed by atoms with E-state index >= 15 is 0 Å². The zero-order valence-corrected chi connectivity index (χ0v) is 11.3. The largest absolute Gasteiger partial charge is 0.368 e. The molecule has 8 heteroatoms. The number of aromatic nitrogens is 5. The minimum atomic E-state index is 0.181. The number of benzene rings is 1. The van der Waals surface area contributed by atoms with Crippen molar-refractivity contribution in [2.45, 2.75) is 0 Å². The van der Waals surface area contributed by atoms with Gasteiger partial charge in [0.2, 0.25) is 5.95 Å². The van der Waals surface area contributed by atoms with Gasteiger partial charge < -0.3 is 15.6 Å². The zero-order valence-electron chi connectivity index (χ0n) is 11.3. The van der Waals surface area contributed by atoms with Gasteiger partial charge in [-0.25, -0.2) is 4.98 Å². The lowest BCUT2D eigenvalue weighted by Crippen LogP contribution is -2.01. The van der Waals surface area contributed by atoms with Crippen LogP contribution >= 0.6 is 0 Å². The Labute approximate surface area is 124 Å². The van der Waals surface area contributed by atoms with E-state index in [-0.39, 0.29) is 5.95 Å². The summed E-state index contributed by atoms with van der Waals surface area (Å²) in [4.78, 5) is 8.51. The Balaban J connectivity index is 1.84. The highest BCUT2D eigenvalue weighted by atomic mass is 16.5. The summed E-state index contributed by atoms with van der Waals surface area (Å²) in [5.41, 5.74) is 8.40. The van der Waals surface area contributed by atoms with Gasteiger partial charge in [0.1, 0.15) is 12.1 Å². The van der Waals surface area contributed by atoms with E-state index in [2.05, 4.69) is 30.6 Å². The molecule has 22 heavy (non-hydrogen) atoms. The number of nitrogen functional groups attached to an aromatic ring is 1. The number of nitrogens with one attached hydrogen (secondary N) is 2. The van der Waals surface area contributed by atoms with Gasteiger partial charge in [-0.05, 0) is 18.2 Å². The van der Waals surface area contributed by atoms with E-state index in [0.717, 1.165) is 22.2 Å². The number of rotatable bonds is 3. The summed E-state index contributed by atoms with van der Waals surface area (Å²) in [5, 5.41) is 14.6. The maximum Gasteiger partial charge on any atom is 0.222 e. The first-order chi connectivity index (χ1) is 10.8. The van der Waals surface area contributed by atoms with Gasteiger partial charge in [0.05, 0.1) is 11.2 Å². The number of H-pyrrole nitrogens is 1. The van der Waals surface area contributed by atoms with Crippen molar-refractivity contribution in [1.29, 1.82) is 0 Å². The molecular weight excluding hydrogens is 282 g/mol. The number of aromatic amines is 1. The number of fused-ring (bicyclic) bond motifs is 1. The van der Waals surface area contributed by atoms with E-state index in [1.807, 2.05) is 24.3 Å². The molecule has 4 rings (SSSR count). The summed E-state index contributed by atoms with van der Waals surface area (Å²) in [6.07, 6.45) is 3.18. The predicted octanol–water partition coefficient (Wildman–Crippen LogP) is 2.33. The number of anilines is 3. The van der Waals surface area contributed by atoms with Gasteiger partial charge in [0.25, 0.3) is 0 Å². The van der Waals surface area contributed by atoms with Crippen molar-refractivity contribution in [3.63, 3.8) is 0 Å². The fraction of sp³-hybridized carbons (Fsp3) is 0. The van der Waals surface area contributed by atoms with Crippen LogP contribution in [0.3, 0.4) is 0 Å². The average molecular weight is 293 g/mol. The summed E-state index contributed by atoms with van der Waals surface area (Å²) < 4.78 is 4.80. The maximum absolute atomic E-state index is 5.80. The highest BCUT2D eigenvalue weighted by molar-refractivity contribution is 5.93. The Morgan fingerprint density at radius 1 is 1.14 bits per heavy atom. The van der Waals surface area contributed by atoms with E-state index in [0.29, 0.717) is 11.6 Å². The molecule has 0 aliphatic heterocycles. The van der Waals surface area contributed by atoms with E-state index in [1.54, 1.807) is 12.3 Å². The van der Waals surface area contributed by atoms with Crippen LogP contribution < -0.4 is 11.1 Å². The van der Waals surface area contributed by atoms with Crippen LogP contribution in [0, 0.1) is 0 Å². The topological polar surface area (TPSA) is 119 Å². The van der Waals surface area contributed by atoms with Gasteiger partial charge in [-0.2, -0.15) is 10.1 Å². The molecule has 0 unspecified atom stereocenters. The molecule has 0 saturated carbocycles. The van der Waals surface area contributed by atoms with Crippen LogP contribution in [-0.2, 0) is 0 Å². The Kier molecular flexibility index (Phi) is 2.72.